The minimum absolute atomic E-state index is 0.291. The summed E-state index contributed by atoms with van der Waals surface area (Å²) in [6, 6.07) is 4.93. The van der Waals surface area contributed by atoms with Crippen LogP contribution in [-0.4, -0.2) is 33.7 Å². The van der Waals surface area contributed by atoms with Crippen molar-refractivity contribution in [3.05, 3.63) is 41.7 Å². The number of carbonyl (C=O) groups is 2. The third-order valence-corrected chi connectivity index (χ3v) is 3.02. The molecular weight excluding hydrogens is 258 g/mol. The molecule has 1 aliphatic heterocycles. The fourth-order valence-electron chi connectivity index (χ4n) is 2.03. The van der Waals surface area contributed by atoms with E-state index in [-0.39, 0.29) is 11.8 Å². The van der Waals surface area contributed by atoms with Crippen LogP contribution in [0.2, 0.25) is 0 Å². The van der Waals surface area contributed by atoms with Crippen LogP contribution in [0.15, 0.2) is 30.6 Å². The van der Waals surface area contributed by atoms with E-state index in [1.807, 2.05) is 0 Å². The van der Waals surface area contributed by atoms with E-state index in [1.165, 1.54) is 19.4 Å². The molecule has 0 saturated carbocycles. The average Bonchev–Trinajstić information content (AvgIpc) is 2.64. The molecule has 0 atom stereocenters. The van der Waals surface area contributed by atoms with Gasteiger partial charge < -0.3 is 11.1 Å². The third-order valence-electron chi connectivity index (χ3n) is 3.02. The Morgan fingerprint density at radius 1 is 1.15 bits per heavy atom. The zero-order valence-electron chi connectivity index (χ0n) is 10.6. The third kappa shape index (κ3) is 1.85. The van der Waals surface area contributed by atoms with E-state index in [9.17, 15) is 9.59 Å². The lowest BCUT2D eigenvalue weighted by Crippen LogP contribution is -2.24. The maximum atomic E-state index is 11.9. The molecule has 0 radical (unpaired) electrons. The summed E-state index contributed by atoms with van der Waals surface area (Å²) in [6.07, 6.45) is 2.95. The van der Waals surface area contributed by atoms with Crippen LogP contribution in [0, 0.1) is 0 Å². The molecule has 0 unspecified atom stereocenters. The molecule has 2 amide bonds. The first-order chi connectivity index (χ1) is 9.56. The van der Waals surface area contributed by atoms with Crippen LogP contribution in [-0.2, 0) is 0 Å². The number of carbonyl (C=O) groups excluding carboxylic acids is 2. The number of nitrogen functional groups attached to an aromatic ring is 1. The van der Waals surface area contributed by atoms with Gasteiger partial charge in [0.2, 0.25) is 0 Å². The number of fused-ring (bicyclic) bond motifs is 1. The number of anilines is 3. The molecule has 1 aromatic heterocycles. The molecule has 1 aliphatic rings. The normalized spacial score (nSPS) is 13.6. The first-order valence-electron chi connectivity index (χ1n) is 5.87. The SMILES string of the molecule is CN1C(=O)c2ccc(Nc3cncc(N)n3)cc2C1=O. The summed E-state index contributed by atoms with van der Waals surface area (Å²) in [5, 5.41) is 2.99. The van der Waals surface area contributed by atoms with Gasteiger partial charge in [-0.2, -0.15) is 0 Å². The van der Waals surface area contributed by atoms with Crippen molar-refractivity contribution in [2.75, 3.05) is 18.1 Å². The Morgan fingerprint density at radius 3 is 2.65 bits per heavy atom. The highest BCUT2D eigenvalue weighted by atomic mass is 16.2. The monoisotopic (exact) mass is 269 g/mol. The summed E-state index contributed by atoms with van der Waals surface area (Å²) >= 11 is 0. The van der Waals surface area contributed by atoms with E-state index < -0.39 is 0 Å². The topological polar surface area (TPSA) is 101 Å². The standard InChI is InChI=1S/C13H11N5O2/c1-18-12(19)8-3-2-7(4-9(8)13(18)20)16-11-6-15-5-10(14)17-11/h2-6H,1H3,(H3,14,16,17). The van der Waals surface area contributed by atoms with Crippen molar-refractivity contribution in [3.8, 4) is 0 Å². The number of benzene rings is 1. The zero-order valence-corrected chi connectivity index (χ0v) is 10.6. The van der Waals surface area contributed by atoms with E-state index >= 15 is 0 Å². The van der Waals surface area contributed by atoms with Crippen molar-refractivity contribution in [1.29, 1.82) is 0 Å². The van der Waals surface area contributed by atoms with Crippen molar-refractivity contribution in [2.45, 2.75) is 0 Å². The van der Waals surface area contributed by atoms with Gasteiger partial charge in [-0.3, -0.25) is 19.5 Å². The second-order valence-electron chi connectivity index (χ2n) is 4.38. The maximum Gasteiger partial charge on any atom is 0.261 e. The fraction of sp³-hybridized carbons (Fsp3) is 0.0769. The molecule has 7 heteroatoms. The highest BCUT2D eigenvalue weighted by Gasteiger charge is 2.32. The van der Waals surface area contributed by atoms with Gasteiger partial charge in [0.25, 0.3) is 11.8 Å². The predicted molar refractivity (Wildman–Crippen MR) is 72.6 cm³/mol. The summed E-state index contributed by atoms with van der Waals surface area (Å²) in [6.45, 7) is 0. The number of nitrogens with zero attached hydrogens (tertiary/aromatic N) is 3. The summed E-state index contributed by atoms with van der Waals surface area (Å²) in [5.74, 6) is 0.157. The van der Waals surface area contributed by atoms with Gasteiger partial charge in [-0.1, -0.05) is 0 Å². The highest BCUT2D eigenvalue weighted by Crippen LogP contribution is 2.26. The largest absolute Gasteiger partial charge is 0.382 e. The van der Waals surface area contributed by atoms with Crippen LogP contribution >= 0.6 is 0 Å². The van der Waals surface area contributed by atoms with Crippen LogP contribution < -0.4 is 11.1 Å². The van der Waals surface area contributed by atoms with Gasteiger partial charge in [-0.25, -0.2) is 4.98 Å². The zero-order chi connectivity index (χ0) is 14.3. The van der Waals surface area contributed by atoms with Gasteiger partial charge in [0, 0.05) is 12.7 Å². The first-order valence-corrected chi connectivity index (χ1v) is 5.87. The van der Waals surface area contributed by atoms with E-state index in [0.717, 1.165) is 4.90 Å². The average molecular weight is 269 g/mol. The maximum absolute atomic E-state index is 11.9. The summed E-state index contributed by atoms with van der Waals surface area (Å²) in [5.41, 5.74) is 6.96. The molecular formula is C13H11N5O2. The summed E-state index contributed by atoms with van der Waals surface area (Å²) in [7, 11) is 1.46. The van der Waals surface area contributed by atoms with E-state index in [4.69, 9.17) is 5.73 Å². The number of nitrogens with one attached hydrogen (secondary N) is 1. The molecule has 0 bridgehead atoms. The van der Waals surface area contributed by atoms with Crippen molar-refractivity contribution >= 4 is 29.1 Å². The Morgan fingerprint density at radius 2 is 1.90 bits per heavy atom. The quantitative estimate of drug-likeness (QED) is 0.789. The van der Waals surface area contributed by atoms with Crippen LogP contribution in [0.3, 0.4) is 0 Å². The number of hydrogen-bond acceptors (Lipinski definition) is 6. The molecule has 2 aromatic rings. The molecule has 20 heavy (non-hydrogen) atoms. The Bertz CT molecular complexity index is 728. The number of imide groups is 1. The summed E-state index contributed by atoms with van der Waals surface area (Å²) in [4.78, 5) is 32.7. The molecule has 0 fully saturated rings. The molecule has 100 valence electrons. The number of rotatable bonds is 2. The molecule has 3 N–H and O–H groups in total. The van der Waals surface area contributed by atoms with Gasteiger partial charge in [-0.15, -0.1) is 0 Å². The Hall–Kier alpha value is -2.96. The summed E-state index contributed by atoms with van der Waals surface area (Å²) < 4.78 is 0. The lowest BCUT2D eigenvalue weighted by atomic mass is 10.1. The van der Waals surface area contributed by atoms with Gasteiger partial charge in [0.1, 0.15) is 5.82 Å². The minimum Gasteiger partial charge on any atom is -0.382 e. The van der Waals surface area contributed by atoms with Gasteiger partial charge in [0.15, 0.2) is 5.82 Å². The molecule has 3 rings (SSSR count). The van der Waals surface area contributed by atoms with E-state index in [2.05, 4.69) is 15.3 Å². The Labute approximate surface area is 114 Å². The van der Waals surface area contributed by atoms with Gasteiger partial charge >= 0.3 is 0 Å². The number of hydrogen-bond donors (Lipinski definition) is 2. The van der Waals surface area contributed by atoms with Crippen LogP contribution in [0.4, 0.5) is 17.3 Å². The van der Waals surface area contributed by atoms with E-state index in [0.29, 0.717) is 28.5 Å². The second kappa shape index (κ2) is 4.30. The van der Waals surface area contributed by atoms with Gasteiger partial charge in [0.05, 0.1) is 23.5 Å². The lowest BCUT2D eigenvalue weighted by Gasteiger charge is -2.06. The molecule has 0 saturated heterocycles. The second-order valence-corrected chi connectivity index (χ2v) is 4.38. The first kappa shape index (κ1) is 12.1. The van der Waals surface area contributed by atoms with Gasteiger partial charge in [-0.05, 0) is 18.2 Å². The molecule has 0 aliphatic carbocycles. The van der Waals surface area contributed by atoms with Crippen molar-refractivity contribution < 1.29 is 9.59 Å². The Balaban J connectivity index is 1.95. The van der Waals surface area contributed by atoms with Crippen molar-refractivity contribution in [1.82, 2.24) is 14.9 Å². The molecule has 2 heterocycles. The molecule has 1 aromatic carbocycles. The number of aromatic nitrogens is 2. The minimum atomic E-state index is -0.313. The Kier molecular flexibility index (Phi) is 2.60. The number of amides is 2. The van der Waals surface area contributed by atoms with Crippen LogP contribution in [0.5, 0.6) is 0 Å². The molecule has 0 spiro atoms. The van der Waals surface area contributed by atoms with Crippen molar-refractivity contribution in [2.24, 2.45) is 0 Å². The smallest absolute Gasteiger partial charge is 0.261 e. The molecule has 7 nitrogen and oxygen atoms in total. The predicted octanol–water partition coefficient (Wildman–Crippen LogP) is 1.03. The number of nitrogens with two attached hydrogens (primary N) is 1. The fourth-order valence-corrected chi connectivity index (χ4v) is 2.03. The lowest BCUT2D eigenvalue weighted by molar-refractivity contribution is 0.0693. The van der Waals surface area contributed by atoms with E-state index in [1.54, 1.807) is 18.2 Å². The van der Waals surface area contributed by atoms with Crippen molar-refractivity contribution in [3.63, 3.8) is 0 Å². The highest BCUT2D eigenvalue weighted by molar-refractivity contribution is 6.21. The van der Waals surface area contributed by atoms with Crippen LogP contribution in [0.1, 0.15) is 20.7 Å². The van der Waals surface area contributed by atoms with Crippen LogP contribution in [0.25, 0.3) is 0 Å².